The lowest BCUT2D eigenvalue weighted by atomic mass is 10.2. The summed E-state index contributed by atoms with van der Waals surface area (Å²) in [6.45, 7) is 5.26. The van der Waals surface area contributed by atoms with Gasteiger partial charge in [-0.2, -0.15) is 11.8 Å². The van der Waals surface area contributed by atoms with Gasteiger partial charge in [-0.25, -0.2) is 4.98 Å². The lowest BCUT2D eigenvalue weighted by molar-refractivity contribution is 0.572. The summed E-state index contributed by atoms with van der Waals surface area (Å²) >= 11 is 10.6. The molecule has 0 bridgehead atoms. The minimum absolute atomic E-state index is 0.141. The van der Waals surface area contributed by atoms with Crippen LogP contribution in [0.2, 0.25) is 0 Å². The molecule has 2 aromatic heterocycles. The van der Waals surface area contributed by atoms with E-state index in [-0.39, 0.29) is 4.75 Å². The Morgan fingerprint density at radius 3 is 2.94 bits per heavy atom. The maximum Gasteiger partial charge on any atom is 0.179 e. The molecule has 0 aromatic carbocycles. The molecule has 0 aliphatic rings. The topological polar surface area (TPSA) is 33.6 Å². The second-order valence-electron chi connectivity index (χ2n) is 4.50. The number of rotatable bonds is 3. The Morgan fingerprint density at radius 1 is 1.59 bits per heavy atom. The number of imidazole rings is 1. The molecule has 0 aliphatic carbocycles. The maximum atomic E-state index is 5.35. The molecule has 0 amide bonds. The van der Waals surface area contributed by atoms with Crippen LogP contribution in [0.4, 0.5) is 0 Å². The average molecular weight is 332 g/mol. The van der Waals surface area contributed by atoms with E-state index in [4.69, 9.17) is 12.2 Å². The number of fused-ring (bicyclic) bond motifs is 1. The van der Waals surface area contributed by atoms with E-state index >= 15 is 0 Å². The highest BCUT2D eigenvalue weighted by molar-refractivity contribution is 9.10. The van der Waals surface area contributed by atoms with Crippen LogP contribution in [0.3, 0.4) is 0 Å². The van der Waals surface area contributed by atoms with E-state index < -0.39 is 0 Å². The summed E-state index contributed by atoms with van der Waals surface area (Å²) in [4.78, 5) is 7.62. The number of H-pyrrole nitrogens is 1. The highest BCUT2D eigenvalue weighted by Gasteiger charge is 2.19. The second kappa shape index (κ2) is 4.74. The smallest absolute Gasteiger partial charge is 0.179 e. The largest absolute Gasteiger partial charge is 0.329 e. The number of nitrogens with one attached hydrogen (secondary N) is 1. The fourth-order valence-corrected chi connectivity index (χ4v) is 2.46. The molecular formula is C11H14BrN3S2. The lowest BCUT2D eigenvalue weighted by Crippen LogP contribution is -2.22. The van der Waals surface area contributed by atoms with E-state index in [0.29, 0.717) is 0 Å². The van der Waals surface area contributed by atoms with E-state index in [1.54, 1.807) is 6.20 Å². The summed E-state index contributed by atoms with van der Waals surface area (Å²) in [7, 11) is 0. The van der Waals surface area contributed by atoms with Crippen molar-refractivity contribution in [2.75, 3.05) is 6.26 Å². The number of aromatic amines is 1. The Morgan fingerprint density at radius 2 is 2.29 bits per heavy atom. The SMILES string of the molecule is CSC(C)(C)Cn1c(=S)[nH]c2cc(Br)cnc21. The molecule has 1 N–H and O–H groups in total. The molecule has 17 heavy (non-hydrogen) atoms. The summed E-state index contributed by atoms with van der Waals surface area (Å²) in [5.74, 6) is 0. The van der Waals surface area contributed by atoms with Gasteiger partial charge in [0.1, 0.15) is 0 Å². The van der Waals surface area contributed by atoms with Crippen molar-refractivity contribution in [3.05, 3.63) is 21.5 Å². The normalized spacial score (nSPS) is 12.2. The third-order valence-corrected chi connectivity index (χ3v) is 4.66. The van der Waals surface area contributed by atoms with Gasteiger partial charge in [0, 0.05) is 22.0 Å². The highest BCUT2D eigenvalue weighted by Crippen LogP contribution is 2.26. The molecule has 0 unspecified atom stereocenters. The Balaban J connectivity index is 2.54. The van der Waals surface area contributed by atoms with Crippen LogP contribution in [-0.2, 0) is 6.54 Å². The second-order valence-corrected chi connectivity index (χ2v) is 7.32. The monoisotopic (exact) mass is 331 g/mol. The van der Waals surface area contributed by atoms with Crippen molar-refractivity contribution in [3.63, 3.8) is 0 Å². The van der Waals surface area contributed by atoms with E-state index in [2.05, 4.69) is 50.6 Å². The molecule has 2 aromatic rings. The molecule has 2 heterocycles. The zero-order valence-corrected chi connectivity index (χ0v) is 13.2. The zero-order chi connectivity index (χ0) is 12.6. The first-order chi connectivity index (χ1) is 7.93. The summed E-state index contributed by atoms with van der Waals surface area (Å²) in [6, 6.07) is 2.00. The van der Waals surface area contributed by atoms with Crippen molar-refractivity contribution in [2.45, 2.75) is 25.1 Å². The van der Waals surface area contributed by atoms with Gasteiger partial charge in [0.05, 0.1) is 5.52 Å². The van der Waals surface area contributed by atoms with Crippen molar-refractivity contribution < 1.29 is 0 Å². The van der Waals surface area contributed by atoms with Gasteiger partial charge < -0.3 is 9.55 Å². The molecular weight excluding hydrogens is 318 g/mol. The standard InChI is InChI=1S/C11H14BrN3S2/c1-11(2,17-3)6-15-9-8(14-10(15)16)4-7(12)5-13-9/h4-5H,6H2,1-3H3,(H,14,16). The molecule has 0 saturated heterocycles. The molecule has 0 aliphatic heterocycles. The number of pyridine rings is 1. The Labute approximate surface area is 118 Å². The van der Waals surface area contributed by atoms with Gasteiger partial charge >= 0.3 is 0 Å². The summed E-state index contributed by atoms with van der Waals surface area (Å²) in [5.41, 5.74) is 1.89. The number of halogens is 1. The summed E-state index contributed by atoms with van der Waals surface area (Å²) in [5, 5.41) is 0. The predicted molar refractivity (Wildman–Crippen MR) is 80.2 cm³/mol. The van der Waals surface area contributed by atoms with Crippen molar-refractivity contribution in [3.8, 4) is 0 Å². The number of hydrogen-bond acceptors (Lipinski definition) is 3. The van der Waals surface area contributed by atoms with Crippen LogP contribution < -0.4 is 0 Å². The molecule has 0 radical (unpaired) electrons. The summed E-state index contributed by atoms with van der Waals surface area (Å²) in [6.07, 6.45) is 3.91. The molecule has 0 spiro atoms. The Bertz CT molecular complexity index is 600. The van der Waals surface area contributed by atoms with E-state index in [9.17, 15) is 0 Å². The first-order valence-corrected chi connectivity index (χ1v) is 7.65. The molecule has 3 nitrogen and oxygen atoms in total. The molecule has 0 atom stereocenters. The van der Waals surface area contributed by atoms with Gasteiger partial charge in [-0.1, -0.05) is 0 Å². The fourth-order valence-electron chi connectivity index (χ4n) is 1.61. The number of thioether (sulfide) groups is 1. The average Bonchev–Trinajstić information content (AvgIpc) is 2.54. The van der Waals surface area contributed by atoms with Gasteiger partial charge in [-0.3, -0.25) is 0 Å². The third kappa shape index (κ3) is 2.74. The Hall–Kier alpha value is -0.330. The molecule has 2 rings (SSSR count). The zero-order valence-electron chi connectivity index (χ0n) is 9.95. The number of aromatic nitrogens is 3. The quantitative estimate of drug-likeness (QED) is 0.863. The number of nitrogens with zero attached hydrogens (tertiary/aromatic N) is 2. The molecule has 0 fully saturated rings. The van der Waals surface area contributed by atoms with E-state index in [0.717, 1.165) is 27.0 Å². The van der Waals surface area contributed by atoms with Crippen molar-refractivity contribution >= 4 is 51.1 Å². The molecule has 0 saturated carbocycles. The lowest BCUT2D eigenvalue weighted by Gasteiger charge is -2.22. The van der Waals surface area contributed by atoms with Gasteiger partial charge in [-0.05, 0) is 54.3 Å². The highest BCUT2D eigenvalue weighted by atomic mass is 79.9. The van der Waals surface area contributed by atoms with Gasteiger partial charge in [0.15, 0.2) is 10.4 Å². The van der Waals surface area contributed by atoms with E-state index in [1.165, 1.54) is 0 Å². The van der Waals surface area contributed by atoms with E-state index in [1.807, 2.05) is 17.8 Å². The van der Waals surface area contributed by atoms with Crippen LogP contribution in [0.25, 0.3) is 11.2 Å². The minimum atomic E-state index is 0.141. The van der Waals surface area contributed by atoms with Crippen LogP contribution >= 0.6 is 39.9 Å². The molecule has 92 valence electrons. The van der Waals surface area contributed by atoms with Crippen molar-refractivity contribution in [1.29, 1.82) is 0 Å². The first kappa shape index (κ1) is 13.1. The first-order valence-electron chi connectivity index (χ1n) is 5.22. The van der Waals surface area contributed by atoms with Crippen LogP contribution in [-0.4, -0.2) is 25.5 Å². The van der Waals surface area contributed by atoms with Crippen molar-refractivity contribution in [1.82, 2.24) is 14.5 Å². The minimum Gasteiger partial charge on any atom is -0.329 e. The fraction of sp³-hybridized carbons (Fsp3) is 0.455. The third-order valence-electron chi connectivity index (χ3n) is 2.67. The van der Waals surface area contributed by atoms with Gasteiger partial charge in [0.2, 0.25) is 0 Å². The number of hydrogen-bond donors (Lipinski definition) is 1. The Kier molecular flexibility index (Phi) is 3.66. The van der Waals surface area contributed by atoms with Crippen LogP contribution in [0, 0.1) is 4.77 Å². The van der Waals surface area contributed by atoms with Crippen LogP contribution in [0.5, 0.6) is 0 Å². The van der Waals surface area contributed by atoms with Gasteiger partial charge in [0.25, 0.3) is 0 Å². The predicted octanol–water partition coefficient (Wildman–Crippen LogP) is 4.00. The van der Waals surface area contributed by atoms with Gasteiger partial charge in [-0.15, -0.1) is 0 Å². The summed E-state index contributed by atoms with van der Waals surface area (Å²) < 4.78 is 3.89. The van der Waals surface area contributed by atoms with Crippen LogP contribution in [0.15, 0.2) is 16.7 Å². The van der Waals surface area contributed by atoms with Crippen molar-refractivity contribution in [2.24, 2.45) is 0 Å². The van der Waals surface area contributed by atoms with Crippen LogP contribution in [0.1, 0.15) is 13.8 Å². The maximum absolute atomic E-state index is 5.35. The molecule has 6 heteroatoms.